The molecule has 2 fully saturated rings. The maximum absolute atomic E-state index is 12.4. The van der Waals surface area contributed by atoms with Gasteiger partial charge in [0.2, 0.25) is 0 Å². The zero-order valence-corrected chi connectivity index (χ0v) is 10.7. The highest BCUT2D eigenvalue weighted by Gasteiger charge is 2.39. The van der Waals surface area contributed by atoms with Crippen LogP contribution in [-0.2, 0) is 7.05 Å². The van der Waals surface area contributed by atoms with Crippen LogP contribution in [0.1, 0.15) is 10.5 Å². The van der Waals surface area contributed by atoms with Gasteiger partial charge >= 0.3 is 0 Å². The molecule has 0 saturated carbocycles. The first-order chi connectivity index (χ1) is 9.06. The topological polar surface area (TPSA) is 80.4 Å². The fraction of sp³-hybridized carbons (Fsp3) is 0.583. The summed E-state index contributed by atoms with van der Waals surface area (Å²) < 4.78 is 1.53. The van der Waals surface area contributed by atoms with Crippen LogP contribution in [0, 0.1) is 22.0 Å². The number of nitro groups is 1. The van der Waals surface area contributed by atoms with E-state index in [1.54, 1.807) is 7.05 Å². The summed E-state index contributed by atoms with van der Waals surface area (Å²) in [5, 5.41) is 14.1. The van der Waals surface area contributed by atoms with Crippen molar-refractivity contribution in [3.63, 3.8) is 0 Å². The number of aryl methyl sites for hydroxylation is 1. The van der Waals surface area contributed by atoms with Crippen molar-refractivity contribution in [2.24, 2.45) is 18.9 Å². The molecular weight excluding hydrogens is 248 g/mol. The van der Waals surface area contributed by atoms with Crippen LogP contribution >= 0.6 is 0 Å². The van der Waals surface area contributed by atoms with Crippen molar-refractivity contribution < 1.29 is 9.72 Å². The van der Waals surface area contributed by atoms with Crippen LogP contribution in [0.2, 0.25) is 0 Å². The third kappa shape index (κ3) is 1.99. The Morgan fingerprint density at radius 1 is 1.42 bits per heavy atom. The molecule has 2 saturated heterocycles. The highest BCUT2D eigenvalue weighted by molar-refractivity contribution is 5.93. The number of carbonyl (C=O) groups is 1. The van der Waals surface area contributed by atoms with Crippen LogP contribution in [0.15, 0.2) is 12.3 Å². The smallest absolute Gasteiger partial charge is 0.287 e. The number of nitrogens with one attached hydrogen (secondary N) is 1. The summed E-state index contributed by atoms with van der Waals surface area (Å²) in [6.45, 7) is 3.41. The standard InChI is InChI=1S/C12H16N4O3/c1-14-7-10(16(18)19)2-11(14)12(17)15-5-8-3-13-4-9(8)6-15/h2,7-9,13H,3-6H2,1H3. The summed E-state index contributed by atoms with van der Waals surface area (Å²) in [4.78, 5) is 24.5. The molecule has 3 heterocycles. The van der Waals surface area contributed by atoms with Gasteiger partial charge in [-0.25, -0.2) is 0 Å². The van der Waals surface area contributed by atoms with Crippen LogP contribution in [-0.4, -0.2) is 46.5 Å². The van der Waals surface area contributed by atoms with E-state index in [2.05, 4.69) is 5.32 Å². The van der Waals surface area contributed by atoms with E-state index in [4.69, 9.17) is 0 Å². The van der Waals surface area contributed by atoms with Crippen LogP contribution in [0.3, 0.4) is 0 Å². The first-order valence-corrected chi connectivity index (χ1v) is 6.37. The van der Waals surface area contributed by atoms with Gasteiger partial charge in [0.15, 0.2) is 0 Å². The molecule has 1 N–H and O–H groups in total. The molecule has 2 aliphatic rings. The van der Waals surface area contributed by atoms with E-state index in [0.29, 0.717) is 17.5 Å². The van der Waals surface area contributed by atoms with E-state index < -0.39 is 4.92 Å². The molecule has 3 rings (SSSR count). The predicted octanol–water partition coefficient (Wildman–Crippen LogP) is 0.225. The van der Waals surface area contributed by atoms with Crippen molar-refractivity contribution in [2.75, 3.05) is 26.2 Å². The lowest BCUT2D eigenvalue weighted by Gasteiger charge is -2.17. The number of fused-ring (bicyclic) bond motifs is 1. The lowest BCUT2D eigenvalue weighted by atomic mass is 10.0. The van der Waals surface area contributed by atoms with Gasteiger partial charge in [-0.15, -0.1) is 0 Å². The number of rotatable bonds is 2. The lowest BCUT2D eigenvalue weighted by Crippen LogP contribution is -2.32. The third-order valence-electron chi connectivity index (χ3n) is 4.10. The molecule has 19 heavy (non-hydrogen) atoms. The van der Waals surface area contributed by atoms with E-state index in [1.165, 1.54) is 16.8 Å². The van der Waals surface area contributed by atoms with E-state index in [-0.39, 0.29) is 11.6 Å². The first kappa shape index (κ1) is 12.2. The highest BCUT2D eigenvalue weighted by Crippen LogP contribution is 2.28. The van der Waals surface area contributed by atoms with E-state index >= 15 is 0 Å². The Morgan fingerprint density at radius 2 is 2.05 bits per heavy atom. The largest absolute Gasteiger partial charge is 0.340 e. The molecule has 0 radical (unpaired) electrons. The second-order valence-corrected chi connectivity index (χ2v) is 5.34. The third-order valence-corrected chi connectivity index (χ3v) is 4.10. The minimum Gasteiger partial charge on any atom is -0.340 e. The van der Waals surface area contributed by atoms with Crippen LogP contribution < -0.4 is 5.32 Å². The maximum atomic E-state index is 12.4. The predicted molar refractivity (Wildman–Crippen MR) is 67.8 cm³/mol. The summed E-state index contributed by atoms with van der Waals surface area (Å²) in [7, 11) is 1.67. The van der Waals surface area contributed by atoms with Crippen molar-refractivity contribution >= 4 is 11.6 Å². The molecule has 0 bridgehead atoms. The molecule has 2 unspecified atom stereocenters. The number of carbonyl (C=O) groups excluding carboxylic acids is 1. The van der Waals surface area contributed by atoms with Gasteiger partial charge in [-0.3, -0.25) is 14.9 Å². The summed E-state index contributed by atoms with van der Waals surface area (Å²) in [6.07, 6.45) is 1.38. The molecule has 2 aliphatic heterocycles. The summed E-state index contributed by atoms with van der Waals surface area (Å²) in [6, 6.07) is 1.36. The van der Waals surface area contributed by atoms with Gasteiger partial charge in [-0.2, -0.15) is 0 Å². The fourth-order valence-corrected chi connectivity index (χ4v) is 3.04. The highest BCUT2D eigenvalue weighted by atomic mass is 16.6. The number of amides is 1. The Morgan fingerprint density at radius 3 is 2.58 bits per heavy atom. The summed E-state index contributed by atoms with van der Waals surface area (Å²) in [5.74, 6) is 0.948. The Hall–Kier alpha value is -1.89. The van der Waals surface area contributed by atoms with Crippen molar-refractivity contribution in [1.29, 1.82) is 0 Å². The minimum absolute atomic E-state index is 0.0353. The average Bonchev–Trinajstić information content (AvgIpc) is 3.00. The first-order valence-electron chi connectivity index (χ1n) is 6.37. The van der Waals surface area contributed by atoms with Crippen LogP contribution in [0.4, 0.5) is 5.69 Å². The van der Waals surface area contributed by atoms with E-state index in [1.807, 2.05) is 4.90 Å². The second kappa shape index (κ2) is 4.34. The molecular formula is C12H16N4O3. The molecule has 1 aromatic heterocycles. The fourth-order valence-electron chi connectivity index (χ4n) is 3.04. The second-order valence-electron chi connectivity index (χ2n) is 5.34. The van der Waals surface area contributed by atoms with E-state index in [0.717, 1.165) is 26.2 Å². The molecule has 1 amide bonds. The number of aromatic nitrogens is 1. The lowest BCUT2D eigenvalue weighted by molar-refractivity contribution is -0.384. The van der Waals surface area contributed by atoms with Gasteiger partial charge in [0.25, 0.3) is 11.6 Å². The molecule has 1 aromatic rings. The minimum atomic E-state index is -0.473. The molecule has 7 heteroatoms. The van der Waals surface area contributed by atoms with Crippen LogP contribution in [0.25, 0.3) is 0 Å². The Bertz CT molecular complexity index is 527. The zero-order chi connectivity index (χ0) is 13.6. The summed E-state index contributed by atoms with van der Waals surface area (Å²) in [5.41, 5.74) is 0.353. The van der Waals surface area contributed by atoms with Crippen molar-refractivity contribution in [1.82, 2.24) is 14.8 Å². The maximum Gasteiger partial charge on any atom is 0.287 e. The molecule has 0 aromatic carbocycles. The quantitative estimate of drug-likeness (QED) is 0.612. The van der Waals surface area contributed by atoms with E-state index in [9.17, 15) is 14.9 Å². The van der Waals surface area contributed by atoms with Gasteiger partial charge in [0, 0.05) is 39.3 Å². The SMILES string of the molecule is Cn1cc([N+](=O)[O-])cc1C(=O)N1CC2CNCC2C1. The van der Waals surface area contributed by atoms with Crippen molar-refractivity contribution in [3.8, 4) is 0 Å². The average molecular weight is 264 g/mol. The normalized spacial score (nSPS) is 25.6. The number of likely N-dealkylation sites (tertiary alicyclic amines) is 1. The molecule has 102 valence electrons. The number of nitrogens with zero attached hydrogens (tertiary/aromatic N) is 3. The van der Waals surface area contributed by atoms with Gasteiger partial charge in [-0.05, 0) is 11.8 Å². The van der Waals surface area contributed by atoms with Crippen molar-refractivity contribution in [2.45, 2.75) is 0 Å². The van der Waals surface area contributed by atoms with Gasteiger partial charge in [0.1, 0.15) is 5.69 Å². The molecule has 0 aliphatic carbocycles. The van der Waals surface area contributed by atoms with Gasteiger partial charge in [0.05, 0.1) is 11.1 Å². The Labute approximate surface area is 110 Å². The zero-order valence-electron chi connectivity index (χ0n) is 10.7. The number of hydrogen-bond acceptors (Lipinski definition) is 4. The molecule has 0 spiro atoms. The molecule has 2 atom stereocenters. The van der Waals surface area contributed by atoms with Crippen LogP contribution in [0.5, 0.6) is 0 Å². The summed E-state index contributed by atoms with van der Waals surface area (Å²) >= 11 is 0. The monoisotopic (exact) mass is 264 g/mol. The van der Waals surface area contributed by atoms with Gasteiger partial charge in [-0.1, -0.05) is 0 Å². The van der Waals surface area contributed by atoms with Crippen molar-refractivity contribution in [3.05, 3.63) is 28.1 Å². The number of hydrogen-bond donors (Lipinski definition) is 1. The molecule has 7 nitrogen and oxygen atoms in total. The Kier molecular flexibility index (Phi) is 2.78. The van der Waals surface area contributed by atoms with Gasteiger partial charge < -0.3 is 14.8 Å². The Balaban J connectivity index is 1.79.